The molecule has 4 aromatic rings. The molecule has 2 aromatic carbocycles. The van der Waals surface area contributed by atoms with Crippen molar-refractivity contribution >= 4 is 44.5 Å². The molecule has 0 saturated carbocycles. The van der Waals surface area contributed by atoms with Crippen molar-refractivity contribution in [3.05, 3.63) is 69.7 Å². The molecule has 10 nitrogen and oxygen atoms in total. The number of pyridine rings is 1. The Bertz CT molecular complexity index is 1720. The number of aliphatic hydroxyl groups excluding tert-OH is 1. The molecule has 0 radical (unpaired) electrons. The predicted octanol–water partition coefficient (Wildman–Crippen LogP) is 2.52. The maximum Gasteiger partial charge on any atom is 0.259 e. The molecule has 1 amide bonds. The molecule has 2 N–H and O–H groups in total. The number of nitrogens with one attached hydrogen (secondary N) is 1. The van der Waals surface area contributed by atoms with Gasteiger partial charge >= 0.3 is 0 Å². The Morgan fingerprint density at radius 3 is 2.61 bits per heavy atom. The van der Waals surface area contributed by atoms with Crippen LogP contribution in [-0.4, -0.2) is 77.9 Å². The van der Waals surface area contributed by atoms with E-state index in [1.807, 2.05) is 24.1 Å². The highest BCUT2D eigenvalue weighted by molar-refractivity contribution is 7.16. The van der Waals surface area contributed by atoms with Gasteiger partial charge in [-0.15, -0.1) is 0 Å². The van der Waals surface area contributed by atoms with E-state index in [0.29, 0.717) is 37.7 Å². The zero-order valence-corrected chi connectivity index (χ0v) is 23.2. The number of amides is 1. The lowest BCUT2D eigenvalue weighted by atomic mass is 10.1. The molecule has 0 aliphatic carbocycles. The molecule has 6 rings (SSSR count). The number of nitriles is 1. The lowest BCUT2D eigenvalue weighted by Gasteiger charge is -2.36. The highest BCUT2D eigenvalue weighted by atomic mass is 32.1. The second-order valence-corrected chi connectivity index (χ2v) is 11.2. The van der Waals surface area contributed by atoms with Gasteiger partial charge in [0.05, 0.1) is 11.8 Å². The minimum atomic E-state index is -0.535. The van der Waals surface area contributed by atoms with Gasteiger partial charge in [-0.25, -0.2) is 9.37 Å². The molecular formula is C29H28FN7O3S. The van der Waals surface area contributed by atoms with Gasteiger partial charge in [0.2, 0.25) is 5.91 Å². The summed E-state index contributed by atoms with van der Waals surface area (Å²) in [4.78, 5) is 37.2. The van der Waals surface area contributed by atoms with E-state index in [4.69, 9.17) is 4.98 Å². The van der Waals surface area contributed by atoms with Crippen molar-refractivity contribution < 1.29 is 14.3 Å². The van der Waals surface area contributed by atoms with Crippen LogP contribution >= 0.6 is 11.3 Å². The van der Waals surface area contributed by atoms with Gasteiger partial charge in [0.15, 0.2) is 5.13 Å². The van der Waals surface area contributed by atoms with Crippen molar-refractivity contribution in [1.29, 1.82) is 5.26 Å². The Hall–Kier alpha value is -4.31. The molecule has 210 valence electrons. The largest absolute Gasteiger partial charge is 0.389 e. The second kappa shape index (κ2) is 10.9. The van der Waals surface area contributed by atoms with E-state index in [1.54, 1.807) is 24.4 Å². The molecule has 12 heteroatoms. The van der Waals surface area contributed by atoms with E-state index < -0.39 is 6.10 Å². The molecule has 2 aromatic heterocycles. The highest BCUT2D eigenvalue weighted by Gasteiger charge is 2.29. The van der Waals surface area contributed by atoms with Crippen molar-refractivity contribution in [2.75, 3.05) is 56.1 Å². The Balaban J connectivity index is 1.45. The number of hydrogen-bond acceptors (Lipinski definition) is 9. The van der Waals surface area contributed by atoms with Gasteiger partial charge in [-0.2, -0.15) is 5.26 Å². The summed E-state index contributed by atoms with van der Waals surface area (Å²) in [5.74, 6) is -0.626. The maximum absolute atomic E-state index is 13.6. The molecule has 0 bridgehead atoms. The first-order chi connectivity index (χ1) is 19.8. The summed E-state index contributed by atoms with van der Waals surface area (Å²) in [6.45, 7) is 3.74. The van der Waals surface area contributed by atoms with Crippen molar-refractivity contribution in [2.45, 2.75) is 12.6 Å². The van der Waals surface area contributed by atoms with Crippen LogP contribution in [0.2, 0.25) is 0 Å². The lowest BCUT2D eigenvalue weighted by molar-refractivity contribution is -0.141. The van der Waals surface area contributed by atoms with Crippen LogP contribution in [0.3, 0.4) is 0 Å². The van der Waals surface area contributed by atoms with Gasteiger partial charge in [-0.3, -0.25) is 9.59 Å². The van der Waals surface area contributed by atoms with E-state index >= 15 is 0 Å². The number of carbonyl (C=O) groups excluding carboxylic acids is 1. The number of hydrogen-bond donors (Lipinski definition) is 2. The van der Waals surface area contributed by atoms with Crippen LogP contribution in [0, 0.1) is 17.1 Å². The van der Waals surface area contributed by atoms with E-state index in [0.717, 1.165) is 31.9 Å². The quantitative estimate of drug-likeness (QED) is 0.362. The number of piperazine rings is 1. The third kappa shape index (κ3) is 5.15. The molecule has 0 spiro atoms. The molecule has 2 aliphatic rings. The third-order valence-corrected chi connectivity index (χ3v) is 8.57. The smallest absolute Gasteiger partial charge is 0.259 e. The molecule has 2 aliphatic heterocycles. The fraction of sp³-hybridized carbons (Fsp3) is 0.310. The Morgan fingerprint density at radius 2 is 1.93 bits per heavy atom. The zero-order chi connectivity index (χ0) is 28.7. The number of aliphatic hydroxyl groups is 1. The summed E-state index contributed by atoms with van der Waals surface area (Å²) < 4.78 is 14.9. The molecule has 0 unspecified atom stereocenters. The number of aromatic nitrogens is 2. The SMILES string of the molecule is CN(c1nc(-c2ccc(F)cc2)c(C#N)s1)c1cn(CC(=O)N2CC(O)C2)c(=O)c2ccc(N3CCNCC3)cc12. The van der Waals surface area contributed by atoms with Gasteiger partial charge in [0, 0.05) is 74.5 Å². The minimum absolute atomic E-state index is 0.163. The van der Waals surface area contributed by atoms with Crippen molar-refractivity contribution in [2.24, 2.45) is 0 Å². The third-order valence-electron chi connectivity index (χ3n) is 7.53. The molecule has 4 heterocycles. The number of likely N-dealkylation sites (tertiary alicyclic amines) is 1. The number of fused-ring (bicyclic) bond motifs is 1. The van der Waals surface area contributed by atoms with Crippen LogP contribution < -0.4 is 20.7 Å². The van der Waals surface area contributed by atoms with Crippen molar-refractivity contribution in [3.8, 4) is 17.3 Å². The fourth-order valence-electron chi connectivity index (χ4n) is 5.20. The second-order valence-electron chi connectivity index (χ2n) is 10.2. The average molecular weight is 574 g/mol. The van der Waals surface area contributed by atoms with Gasteiger partial charge in [-0.1, -0.05) is 11.3 Å². The molecule has 2 fully saturated rings. The van der Waals surface area contributed by atoms with E-state index in [9.17, 15) is 24.3 Å². The first-order valence-electron chi connectivity index (χ1n) is 13.3. The topological polar surface area (TPSA) is 118 Å². The number of β-amino-alcohol motifs (C(OH)–C–C–N with tert-alkyl or cyclic N) is 1. The van der Waals surface area contributed by atoms with Crippen LogP contribution in [0.5, 0.6) is 0 Å². The van der Waals surface area contributed by atoms with E-state index in [-0.39, 0.29) is 36.9 Å². The van der Waals surface area contributed by atoms with E-state index in [1.165, 1.54) is 32.9 Å². The van der Waals surface area contributed by atoms with Crippen LogP contribution in [0.1, 0.15) is 4.88 Å². The summed E-state index contributed by atoms with van der Waals surface area (Å²) in [5.41, 5.74) is 2.42. The van der Waals surface area contributed by atoms with Crippen LogP contribution in [-0.2, 0) is 11.3 Å². The number of anilines is 3. The van der Waals surface area contributed by atoms with Gasteiger partial charge in [-0.05, 0) is 42.5 Å². The maximum atomic E-state index is 13.6. The van der Waals surface area contributed by atoms with Gasteiger partial charge < -0.3 is 29.7 Å². The number of halogens is 1. The number of benzene rings is 2. The molecule has 2 saturated heterocycles. The number of nitrogens with zero attached hydrogens (tertiary/aromatic N) is 6. The van der Waals surface area contributed by atoms with Gasteiger partial charge in [0.25, 0.3) is 5.56 Å². The number of thiazole rings is 1. The van der Waals surface area contributed by atoms with Gasteiger partial charge in [0.1, 0.15) is 29.0 Å². The molecule has 41 heavy (non-hydrogen) atoms. The summed E-state index contributed by atoms with van der Waals surface area (Å²) >= 11 is 1.20. The first kappa shape index (κ1) is 26.9. The molecular weight excluding hydrogens is 545 g/mol. The minimum Gasteiger partial charge on any atom is -0.389 e. The monoisotopic (exact) mass is 573 g/mol. The van der Waals surface area contributed by atoms with Crippen LogP contribution in [0.15, 0.2) is 53.5 Å². The standard InChI is InChI=1S/C29H28FN7O3S/c1-34(29-33-27(25(13-31)41-29)18-2-4-19(30)5-3-18)24-16-37(17-26(39)36-14-21(38)15-36)28(40)22-7-6-20(12-23(22)24)35-10-8-32-9-11-35/h2-7,12,16,21,32,38H,8-11,14-15,17H2,1H3. The Labute approximate surface area is 239 Å². The lowest BCUT2D eigenvalue weighted by Crippen LogP contribution is -2.54. The van der Waals surface area contributed by atoms with Crippen LogP contribution in [0.25, 0.3) is 22.0 Å². The fourth-order valence-corrected chi connectivity index (χ4v) is 6.07. The summed E-state index contributed by atoms with van der Waals surface area (Å²) in [6, 6.07) is 13.7. The predicted molar refractivity (Wildman–Crippen MR) is 156 cm³/mol. The zero-order valence-electron chi connectivity index (χ0n) is 22.4. The first-order valence-corrected chi connectivity index (χ1v) is 14.1. The van der Waals surface area contributed by atoms with E-state index in [2.05, 4.69) is 16.3 Å². The van der Waals surface area contributed by atoms with Crippen molar-refractivity contribution in [3.63, 3.8) is 0 Å². The number of carbonyl (C=O) groups is 1. The van der Waals surface area contributed by atoms with Crippen molar-refractivity contribution in [1.82, 2.24) is 19.8 Å². The summed E-state index contributed by atoms with van der Waals surface area (Å²) in [5, 5.41) is 24.5. The Kier molecular flexibility index (Phi) is 7.17. The van der Waals surface area contributed by atoms with Crippen LogP contribution in [0.4, 0.5) is 20.9 Å². The normalized spacial score (nSPS) is 15.6. The molecule has 0 atom stereocenters. The average Bonchev–Trinajstić information content (AvgIpc) is 3.41. The Morgan fingerprint density at radius 1 is 1.20 bits per heavy atom. The number of rotatable bonds is 6. The summed E-state index contributed by atoms with van der Waals surface area (Å²) in [7, 11) is 1.81. The summed E-state index contributed by atoms with van der Waals surface area (Å²) in [6.07, 6.45) is 1.12. The highest BCUT2D eigenvalue weighted by Crippen LogP contribution is 2.38.